The van der Waals surface area contributed by atoms with E-state index in [0.717, 1.165) is 18.4 Å². The van der Waals surface area contributed by atoms with Crippen molar-refractivity contribution in [3.8, 4) is 0 Å². The molecule has 1 fully saturated rings. The number of sulfone groups is 1. The molecular weight excluding hydrogens is 506 g/mol. The van der Waals surface area contributed by atoms with Crippen LogP contribution in [0.2, 0.25) is 0 Å². The number of imidazole rings is 1. The van der Waals surface area contributed by atoms with Gasteiger partial charge < -0.3 is 14.2 Å². The number of rotatable bonds is 10. The lowest BCUT2D eigenvalue weighted by Gasteiger charge is -2.26. The van der Waals surface area contributed by atoms with Crippen LogP contribution in [0.3, 0.4) is 0 Å². The van der Waals surface area contributed by atoms with Crippen molar-refractivity contribution >= 4 is 27.1 Å². The first-order valence-electron chi connectivity index (χ1n) is 12.3. The Kier molecular flexibility index (Phi) is 7.83. The van der Waals surface area contributed by atoms with Crippen LogP contribution in [0.4, 0.5) is 0 Å². The van der Waals surface area contributed by atoms with Crippen LogP contribution < -0.4 is 0 Å². The van der Waals surface area contributed by atoms with Crippen LogP contribution in [0.15, 0.2) is 89.5 Å². The summed E-state index contributed by atoms with van der Waals surface area (Å²) < 4.78 is 34.6. The van der Waals surface area contributed by atoms with Crippen LogP contribution in [-0.4, -0.2) is 48.0 Å². The van der Waals surface area contributed by atoms with Gasteiger partial charge in [-0.15, -0.1) is 11.3 Å². The summed E-state index contributed by atoms with van der Waals surface area (Å²) in [6, 6.07) is 22.5. The Bertz CT molecular complexity index is 1410. The lowest BCUT2D eigenvalue weighted by atomic mass is 10.2. The summed E-state index contributed by atoms with van der Waals surface area (Å²) in [5, 5.41) is 1.89. The van der Waals surface area contributed by atoms with E-state index in [1.165, 1.54) is 11.3 Å². The van der Waals surface area contributed by atoms with Crippen LogP contribution >= 0.6 is 11.3 Å². The topological polar surface area (TPSA) is 81.5 Å². The third kappa shape index (κ3) is 6.18. The number of ether oxygens (including phenoxy) is 1. The largest absolute Gasteiger partial charge is 0.376 e. The molecule has 1 amide bonds. The minimum absolute atomic E-state index is 0.0100. The van der Waals surface area contributed by atoms with Crippen LogP contribution in [0, 0.1) is 0 Å². The minimum Gasteiger partial charge on any atom is -0.376 e. The number of thiophene rings is 1. The second kappa shape index (κ2) is 11.4. The lowest BCUT2D eigenvalue weighted by molar-refractivity contribution is 0.0505. The van der Waals surface area contributed by atoms with Gasteiger partial charge in [0.05, 0.1) is 41.7 Å². The molecule has 0 saturated carbocycles. The average Bonchev–Trinajstić information content (AvgIpc) is 3.68. The summed E-state index contributed by atoms with van der Waals surface area (Å²) in [5.41, 5.74) is 2.32. The molecule has 1 aliphatic heterocycles. The molecule has 9 heteroatoms. The summed E-state index contributed by atoms with van der Waals surface area (Å²) in [7, 11) is -3.74. The molecule has 1 aliphatic rings. The molecule has 1 saturated heterocycles. The third-order valence-electron chi connectivity index (χ3n) is 6.38. The smallest absolute Gasteiger partial charge is 0.264 e. The van der Waals surface area contributed by atoms with E-state index in [4.69, 9.17) is 4.74 Å². The number of carbonyl (C=O) groups excluding carboxylic acids is 1. The highest BCUT2D eigenvalue weighted by molar-refractivity contribution is 7.90. The van der Waals surface area contributed by atoms with Crippen molar-refractivity contribution in [2.45, 2.75) is 42.9 Å². The van der Waals surface area contributed by atoms with E-state index in [-0.39, 0.29) is 29.5 Å². The van der Waals surface area contributed by atoms with Crippen LogP contribution in [0.5, 0.6) is 0 Å². The van der Waals surface area contributed by atoms with E-state index in [1.807, 2.05) is 66.0 Å². The Morgan fingerprint density at radius 2 is 1.76 bits per heavy atom. The van der Waals surface area contributed by atoms with E-state index >= 15 is 0 Å². The van der Waals surface area contributed by atoms with Gasteiger partial charge in [0, 0.05) is 13.2 Å². The number of amides is 1. The van der Waals surface area contributed by atoms with Crippen molar-refractivity contribution in [1.82, 2.24) is 14.5 Å². The van der Waals surface area contributed by atoms with Crippen molar-refractivity contribution in [1.29, 1.82) is 0 Å². The second-order valence-electron chi connectivity index (χ2n) is 9.15. The molecule has 4 aromatic rings. The van der Waals surface area contributed by atoms with Gasteiger partial charge in [0.25, 0.3) is 5.91 Å². The van der Waals surface area contributed by atoms with Gasteiger partial charge in [-0.3, -0.25) is 4.79 Å². The van der Waals surface area contributed by atoms with E-state index in [9.17, 15) is 13.2 Å². The molecule has 0 N–H and O–H groups in total. The summed E-state index contributed by atoms with van der Waals surface area (Å²) >= 11 is 1.40. The Labute approximate surface area is 221 Å². The maximum absolute atomic E-state index is 13.5. The molecular formula is C28H29N3O4S2. The van der Waals surface area contributed by atoms with E-state index in [1.54, 1.807) is 27.8 Å². The van der Waals surface area contributed by atoms with Crippen molar-refractivity contribution in [2.75, 3.05) is 13.2 Å². The maximum atomic E-state index is 13.5. The maximum Gasteiger partial charge on any atom is 0.264 e. The molecule has 3 heterocycles. The zero-order valence-electron chi connectivity index (χ0n) is 20.4. The first kappa shape index (κ1) is 25.4. The molecule has 2 aromatic heterocycles. The van der Waals surface area contributed by atoms with Gasteiger partial charge in [-0.2, -0.15) is 0 Å². The fourth-order valence-electron chi connectivity index (χ4n) is 4.56. The number of hydrogen-bond donors (Lipinski definition) is 0. The number of carbonyl (C=O) groups is 1. The average molecular weight is 536 g/mol. The van der Waals surface area contributed by atoms with Gasteiger partial charge in [-0.1, -0.05) is 66.7 Å². The van der Waals surface area contributed by atoms with Crippen molar-refractivity contribution in [3.05, 3.63) is 106 Å². The Hall–Kier alpha value is -3.27. The van der Waals surface area contributed by atoms with E-state index in [2.05, 4.69) is 4.98 Å². The molecule has 5 rings (SSSR count). The second-order valence-corrected chi connectivity index (χ2v) is 12.0. The third-order valence-corrected chi connectivity index (χ3v) is 8.84. The van der Waals surface area contributed by atoms with Crippen molar-refractivity contribution < 1.29 is 17.9 Å². The molecule has 1 atom stereocenters. The molecule has 0 unspecified atom stereocenters. The van der Waals surface area contributed by atoms with Crippen LogP contribution in [-0.2, 0) is 33.4 Å². The molecule has 2 aromatic carbocycles. The number of aromatic nitrogens is 2. The normalized spacial score (nSPS) is 15.6. The Balaban J connectivity index is 1.50. The highest BCUT2D eigenvalue weighted by Crippen LogP contribution is 2.23. The molecule has 0 aliphatic carbocycles. The van der Waals surface area contributed by atoms with Gasteiger partial charge in [-0.05, 0) is 35.4 Å². The van der Waals surface area contributed by atoms with E-state index in [0.29, 0.717) is 35.8 Å². The van der Waals surface area contributed by atoms with E-state index < -0.39 is 9.84 Å². The molecule has 0 radical (unpaired) electrons. The highest BCUT2D eigenvalue weighted by Gasteiger charge is 2.28. The van der Waals surface area contributed by atoms with Gasteiger partial charge >= 0.3 is 0 Å². The van der Waals surface area contributed by atoms with Crippen LogP contribution in [0.25, 0.3) is 0 Å². The monoisotopic (exact) mass is 535 g/mol. The van der Waals surface area contributed by atoms with Crippen LogP contribution in [0.1, 0.15) is 39.3 Å². The molecule has 0 bridgehead atoms. The Morgan fingerprint density at radius 1 is 1.03 bits per heavy atom. The SMILES string of the molecule is O=C(c1cccs1)N(Cc1cnc(S(=O)(=O)Cc2ccccc2)n1Cc1ccccc1)C[C@H]1CCCO1. The predicted octanol–water partition coefficient (Wildman–Crippen LogP) is 4.79. The van der Waals surface area contributed by atoms with Gasteiger partial charge in [0.15, 0.2) is 0 Å². The fraction of sp³-hybridized carbons (Fsp3) is 0.286. The summed E-state index contributed by atoms with van der Waals surface area (Å²) in [5.74, 6) is -0.237. The Morgan fingerprint density at radius 3 is 2.41 bits per heavy atom. The highest BCUT2D eigenvalue weighted by atomic mass is 32.2. The van der Waals surface area contributed by atoms with Gasteiger partial charge in [-0.25, -0.2) is 13.4 Å². The molecule has 0 spiro atoms. The minimum atomic E-state index is -3.74. The van der Waals surface area contributed by atoms with Gasteiger partial charge in [0.2, 0.25) is 15.0 Å². The molecule has 37 heavy (non-hydrogen) atoms. The van der Waals surface area contributed by atoms with Crippen molar-refractivity contribution in [3.63, 3.8) is 0 Å². The zero-order valence-corrected chi connectivity index (χ0v) is 22.0. The predicted molar refractivity (Wildman–Crippen MR) is 143 cm³/mol. The standard InChI is InChI=1S/C28H29N3O4S2/c32-27(26-14-8-16-36-26)30(20-25-13-7-15-35-25)19-24-17-29-28(31(24)18-22-9-3-1-4-10-22)37(33,34)21-23-11-5-2-6-12-23/h1-6,8-12,14,16-17,25H,7,13,15,18-21H2/t25-/m1/s1. The molecule has 192 valence electrons. The van der Waals surface area contributed by atoms with Crippen molar-refractivity contribution in [2.24, 2.45) is 0 Å². The van der Waals surface area contributed by atoms with Gasteiger partial charge in [0.1, 0.15) is 0 Å². The first-order chi connectivity index (χ1) is 18.0. The number of hydrogen-bond acceptors (Lipinski definition) is 6. The lowest BCUT2D eigenvalue weighted by Crippen LogP contribution is -2.37. The summed E-state index contributed by atoms with van der Waals surface area (Å²) in [4.78, 5) is 20.2. The summed E-state index contributed by atoms with van der Waals surface area (Å²) in [6.07, 6.45) is 3.43. The zero-order chi connectivity index (χ0) is 25.7. The summed E-state index contributed by atoms with van der Waals surface area (Å²) in [6.45, 7) is 1.70. The first-order valence-corrected chi connectivity index (χ1v) is 14.8. The molecule has 7 nitrogen and oxygen atoms in total. The fourth-order valence-corrected chi connectivity index (χ4v) is 6.75. The number of benzene rings is 2. The number of nitrogens with zero attached hydrogens (tertiary/aromatic N) is 3. The quantitative estimate of drug-likeness (QED) is 0.292.